The topological polar surface area (TPSA) is 17.1 Å². The summed E-state index contributed by atoms with van der Waals surface area (Å²) in [5.41, 5.74) is 1.57. The molecule has 1 aromatic carbocycles. The lowest BCUT2D eigenvalue weighted by molar-refractivity contribution is 0.104. The minimum atomic E-state index is -0.0145. The summed E-state index contributed by atoms with van der Waals surface area (Å²) in [6, 6.07) is 7.27. The van der Waals surface area contributed by atoms with Gasteiger partial charge in [-0.3, -0.25) is 4.79 Å². The Morgan fingerprint density at radius 1 is 1.39 bits per heavy atom. The standard InChI is InChI=1S/C14H10BrClOS/c1-9-6-10(2-4-13(9)16)14(17)5-3-12-7-11(15)8-18-12/h2-8H,1H3/b5-3-. The van der Waals surface area contributed by atoms with Crippen LogP contribution >= 0.6 is 38.9 Å². The fourth-order valence-corrected chi connectivity index (χ4v) is 2.92. The number of rotatable bonds is 3. The van der Waals surface area contributed by atoms with Crippen molar-refractivity contribution in [1.82, 2.24) is 0 Å². The molecule has 0 saturated carbocycles. The molecule has 0 N–H and O–H groups in total. The van der Waals surface area contributed by atoms with Crippen LogP contribution in [-0.2, 0) is 0 Å². The summed E-state index contributed by atoms with van der Waals surface area (Å²) in [6.45, 7) is 1.89. The molecule has 1 heterocycles. The van der Waals surface area contributed by atoms with Crippen molar-refractivity contribution in [1.29, 1.82) is 0 Å². The van der Waals surface area contributed by atoms with Gasteiger partial charge in [0.2, 0.25) is 0 Å². The second-order valence-corrected chi connectivity index (χ2v) is 6.09. The van der Waals surface area contributed by atoms with Crippen molar-refractivity contribution < 1.29 is 4.79 Å². The van der Waals surface area contributed by atoms with Gasteiger partial charge < -0.3 is 0 Å². The van der Waals surface area contributed by atoms with Gasteiger partial charge in [0.15, 0.2) is 5.78 Å². The number of aryl methyl sites for hydroxylation is 1. The molecule has 0 amide bonds. The van der Waals surface area contributed by atoms with Crippen molar-refractivity contribution in [3.8, 4) is 0 Å². The van der Waals surface area contributed by atoms with E-state index in [0.717, 1.165) is 14.9 Å². The minimum absolute atomic E-state index is 0.0145. The molecule has 0 saturated heterocycles. The predicted octanol–water partition coefficient (Wildman–Crippen LogP) is 5.37. The zero-order valence-corrected chi connectivity index (χ0v) is 12.8. The number of allylic oxidation sites excluding steroid dienone is 1. The molecule has 18 heavy (non-hydrogen) atoms. The summed E-state index contributed by atoms with van der Waals surface area (Å²) in [4.78, 5) is 13.0. The lowest BCUT2D eigenvalue weighted by atomic mass is 10.1. The molecule has 92 valence electrons. The zero-order valence-electron chi connectivity index (χ0n) is 9.61. The van der Waals surface area contributed by atoms with Crippen LogP contribution in [0.3, 0.4) is 0 Å². The maximum absolute atomic E-state index is 12.0. The largest absolute Gasteiger partial charge is 0.289 e. The van der Waals surface area contributed by atoms with Crippen LogP contribution in [0.1, 0.15) is 20.8 Å². The Hall–Kier alpha value is -0.900. The summed E-state index contributed by atoms with van der Waals surface area (Å²) in [7, 11) is 0. The van der Waals surface area contributed by atoms with E-state index in [0.29, 0.717) is 10.6 Å². The van der Waals surface area contributed by atoms with Gasteiger partial charge in [-0.15, -0.1) is 11.3 Å². The van der Waals surface area contributed by atoms with Crippen LogP contribution in [0.25, 0.3) is 6.08 Å². The van der Waals surface area contributed by atoms with Crippen molar-refractivity contribution in [2.75, 3.05) is 0 Å². The molecule has 0 aliphatic carbocycles. The van der Waals surface area contributed by atoms with Crippen LogP contribution in [0.15, 0.2) is 40.2 Å². The lowest BCUT2D eigenvalue weighted by Crippen LogP contribution is -1.94. The highest BCUT2D eigenvalue weighted by molar-refractivity contribution is 9.10. The van der Waals surface area contributed by atoms with Crippen molar-refractivity contribution in [3.05, 3.63) is 61.2 Å². The predicted molar refractivity (Wildman–Crippen MR) is 81.6 cm³/mol. The molecule has 0 aliphatic rings. The van der Waals surface area contributed by atoms with Gasteiger partial charge in [-0.25, -0.2) is 0 Å². The average Bonchev–Trinajstić information content (AvgIpc) is 2.75. The summed E-state index contributed by atoms with van der Waals surface area (Å²) >= 11 is 10.9. The Kier molecular flexibility index (Phi) is 4.38. The van der Waals surface area contributed by atoms with Gasteiger partial charge in [-0.2, -0.15) is 0 Å². The molecular weight excluding hydrogens is 332 g/mol. The Morgan fingerprint density at radius 2 is 2.17 bits per heavy atom. The summed E-state index contributed by atoms with van der Waals surface area (Å²) in [6.07, 6.45) is 3.41. The fourth-order valence-electron chi connectivity index (χ4n) is 1.47. The van der Waals surface area contributed by atoms with E-state index in [1.54, 1.807) is 35.6 Å². The number of hydrogen-bond donors (Lipinski definition) is 0. The maximum atomic E-state index is 12.0. The smallest absolute Gasteiger partial charge is 0.185 e. The second kappa shape index (κ2) is 5.83. The highest BCUT2D eigenvalue weighted by atomic mass is 79.9. The van der Waals surface area contributed by atoms with Gasteiger partial charge in [0.1, 0.15) is 0 Å². The SMILES string of the molecule is Cc1cc(C(=O)/C=C\c2cc(Br)cs2)ccc1Cl. The molecule has 0 bridgehead atoms. The first kappa shape index (κ1) is 13.5. The Balaban J connectivity index is 2.16. The molecule has 4 heteroatoms. The van der Waals surface area contributed by atoms with E-state index in [1.807, 2.05) is 24.4 Å². The molecule has 0 aliphatic heterocycles. The number of thiophene rings is 1. The number of benzene rings is 1. The molecule has 2 rings (SSSR count). The summed E-state index contributed by atoms with van der Waals surface area (Å²) < 4.78 is 1.03. The van der Waals surface area contributed by atoms with E-state index in [-0.39, 0.29) is 5.78 Å². The first-order valence-electron chi connectivity index (χ1n) is 5.29. The quantitative estimate of drug-likeness (QED) is 0.542. The zero-order chi connectivity index (χ0) is 13.1. The average molecular weight is 342 g/mol. The van der Waals surface area contributed by atoms with Crippen molar-refractivity contribution >= 4 is 50.7 Å². The normalized spacial score (nSPS) is 11.1. The van der Waals surface area contributed by atoms with Gasteiger partial charge in [-0.05, 0) is 64.8 Å². The molecule has 1 aromatic heterocycles. The molecule has 0 atom stereocenters. The second-order valence-electron chi connectivity index (χ2n) is 3.83. The number of halogens is 2. The molecule has 0 unspecified atom stereocenters. The van der Waals surface area contributed by atoms with Crippen LogP contribution in [0.4, 0.5) is 0 Å². The summed E-state index contributed by atoms with van der Waals surface area (Å²) in [5, 5.41) is 2.66. The van der Waals surface area contributed by atoms with E-state index in [2.05, 4.69) is 15.9 Å². The van der Waals surface area contributed by atoms with Gasteiger partial charge in [-0.1, -0.05) is 11.6 Å². The van der Waals surface area contributed by atoms with E-state index in [4.69, 9.17) is 11.6 Å². The molecule has 1 nitrogen and oxygen atoms in total. The first-order valence-corrected chi connectivity index (χ1v) is 7.34. The monoisotopic (exact) mass is 340 g/mol. The molecule has 2 aromatic rings. The van der Waals surface area contributed by atoms with Crippen LogP contribution in [0.5, 0.6) is 0 Å². The van der Waals surface area contributed by atoms with Gasteiger partial charge in [0, 0.05) is 25.3 Å². The molecule has 0 spiro atoms. The number of carbonyl (C=O) groups is 1. The number of carbonyl (C=O) groups excluding carboxylic acids is 1. The van der Waals surface area contributed by atoms with Crippen LogP contribution in [0, 0.1) is 6.92 Å². The highest BCUT2D eigenvalue weighted by Crippen LogP contribution is 2.21. The third-order valence-electron chi connectivity index (χ3n) is 2.43. The molecule has 0 fully saturated rings. The molecule has 0 radical (unpaired) electrons. The van der Waals surface area contributed by atoms with Gasteiger partial charge >= 0.3 is 0 Å². The van der Waals surface area contributed by atoms with E-state index in [1.165, 1.54) is 0 Å². The van der Waals surface area contributed by atoms with Crippen molar-refractivity contribution in [2.45, 2.75) is 6.92 Å². The number of hydrogen-bond acceptors (Lipinski definition) is 2. The first-order chi connectivity index (χ1) is 8.56. The maximum Gasteiger partial charge on any atom is 0.185 e. The van der Waals surface area contributed by atoms with E-state index in [9.17, 15) is 4.79 Å². The van der Waals surface area contributed by atoms with Crippen LogP contribution in [0.2, 0.25) is 5.02 Å². The lowest BCUT2D eigenvalue weighted by Gasteiger charge is -2.00. The Labute approximate surface area is 123 Å². The Morgan fingerprint density at radius 3 is 2.78 bits per heavy atom. The Bertz CT molecular complexity index is 616. The third-order valence-corrected chi connectivity index (χ3v) is 4.51. The van der Waals surface area contributed by atoms with Crippen molar-refractivity contribution in [2.24, 2.45) is 0 Å². The van der Waals surface area contributed by atoms with Gasteiger partial charge in [0.25, 0.3) is 0 Å². The summed E-state index contributed by atoms with van der Waals surface area (Å²) in [5.74, 6) is -0.0145. The molecular formula is C14H10BrClOS. The highest BCUT2D eigenvalue weighted by Gasteiger charge is 2.04. The van der Waals surface area contributed by atoms with Crippen molar-refractivity contribution in [3.63, 3.8) is 0 Å². The van der Waals surface area contributed by atoms with Gasteiger partial charge in [0.05, 0.1) is 0 Å². The fraction of sp³-hybridized carbons (Fsp3) is 0.0714. The third kappa shape index (κ3) is 3.31. The van der Waals surface area contributed by atoms with Crippen LogP contribution in [-0.4, -0.2) is 5.78 Å². The van der Waals surface area contributed by atoms with E-state index >= 15 is 0 Å². The minimum Gasteiger partial charge on any atom is -0.289 e. The van der Waals surface area contributed by atoms with E-state index < -0.39 is 0 Å². The number of ketones is 1. The van der Waals surface area contributed by atoms with Crippen LogP contribution < -0.4 is 0 Å².